The average molecular weight is 355 g/mol. The Labute approximate surface area is 152 Å². The summed E-state index contributed by atoms with van der Waals surface area (Å²) in [7, 11) is 0. The van der Waals surface area contributed by atoms with E-state index in [0.29, 0.717) is 24.3 Å². The lowest BCUT2D eigenvalue weighted by Crippen LogP contribution is -2.44. The van der Waals surface area contributed by atoms with Crippen LogP contribution in [0, 0.1) is 5.82 Å². The summed E-state index contributed by atoms with van der Waals surface area (Å²) < 4.78 is 24.8. The quantitative estimate of drug-likeness (QED) is 0.788. The summed E-state index contributed by atoms with van der Waals surface area (Å²) in [6.07, 6.45) is 1.78. The Morgan fingerprint density at radius 2 is 1.69 bits per heavy atom. The third kappa shape index (κ3) is 3.70. The lowest BCUT2D eigenvalue weighted by atomic mass is 10.0. The molecule has 1 spiro atoms. The molecule has 0 radical (unpaired) electrons. The minimum atomic E-state index is -0.398. The van der Waals surface area contributed by atoms with Gasteiger partial charge in [0.25, 0.3) is 0 Å². The molecule has 0 saturated carbocycles. The second kappa shape index (κ2) is 7.27. The van der Waals surface area contributed by atoms with Gasteiger partial charge in [0.15, 0.2) is 11.6 Å². The van der Waals surface area contributed by atoms with Crippen molar-refractivity contribution in [2.75, 3.05) is 26.3 Å². The number of ether oxygens (including phenoxy) is 2. The lowest BCUT2D eigenvalue weighted by Gasteiger charge is -2.37. The summed E-state index contributed by atoms with van der Waals surface area (Å²) in [6, 6.07) is 13.4. The van der Waals surface area contributed by atoms with Crippen LogP contribution in [0.1, 0.15) is 34.3 Å². The second-order valence-electron chi connectivity index (χ2n) is 6.92. The van der Waals surface area contributed by atoms with Gasteiger partial charge in [-0.1, -0.05) is 36.4 Å². The zero-order chi connectivity index (χ0) is 18.0. The minimum absolute atomic E-state index is 0.161. The monoisotopic (exact) mass is 355 g/mol. The summed E-state index contributed by atoms with van der Waals surface area (Å²) in [5.74, 6) is -0.908. The van der Waals surface area contributed by atoms with Crippen LogP contribution in [0.4, 0.5) is 4.39 Å². The van der Waals surface area contributed by atoms with Crippen LogP contribution in [0.3, 0.4) is 0 Å². The van der Waals surface area contributed by atoms with Gasteiger partial charge in [-0.05, 0) is 17.7 Å². The van der Waals surface area contributed by atoms with Crippen molar-refractivity contribution >= 4 is 5.78 Å². The molecule has 0 aliphatic carbocycles. The Morgan fingerprint density at radius 1 is 1.00 bits per heavy atom. The van der Waals surface area contributed by atoms with Crippen LogP contribution in [-0.2, 0) is 16.0 Å². The highest BCUT2D eigenvalue weighted by atomic mass is 19.1. The van der Waals surface area contributed by atoms with E-state index >= 15 is 0 Å². The van der Waals surface area contributed by atoms with Crippen molar-refractivity contribution in [3.05, 3.63) is 71.0 Å². The highest BCUT2D eigenvalue weighted by Crippen LogP contribution is 2.31. The van der Waals surface area contributed by atoms with Gasteiger partial charge in [0, 0.05) is 43.6 Å². The molecule has 4 rings (SSSR count). The predicted molar refractivity (Wildman–Crippen MR) is 95.4 cm³/mol. The van der Waals surface area contributed by atoms with Crippen molar-refractivity contribution < 1.29 is 18.7 Å². The highest BCUT2D eigenvalue weighted by molar-refractivity contribution is 6.08. The molecule has 0 atom stereocenters. The molecule has 2 aromatic rings. The first-order valence-corrected chi connectivity index (χ1v) is 9.03. The van der Waals surface area contributed by atoms with Crippen LogP contribution < -0.4 is 0 Å². The number of rotatable bonds is 4. The van der Waals surface area contributed by atoms with Crippen molar-refractivity contribution in [2.24, 2.45) is 0 Å². The van der Waals surface area contributed by atoms with Crippen molar-refractivity contribution in [3.63, 3.8) is 0 Å². The third-order valence-electron chi connectivity index (χ3n) is 5.14. The smallest absolute Gasteiger partial charge is 0.193 e. The fraction of sp³-hybridized carbons (Fsp3) is 0.381. The van der Waals surface area contributed by atoms with E-state index in [2.05, 4.69) is 4.90 Å². The number of carbonyl (C=O) groups is 1. The Bertz CT molecular complexity index is 774. The van der Waals surface area contributed by atoms with Gasteiger partial charge in [-0.25, -0.2) is 4.39 Å². The predicted octanol–water partition coefficient (Wildman–Crippen LogP) is 3.40. The van der Waals surface area contributed by atoms with Crippen LogP contribution in [0.2, 0.25) is 0 Å². The summed E-state index contributed by atoms with van der Waals surface area (Å²) in [5.41, 5.74) is 2.10. The summed E-state index contributed by atoms with van der Waals surface area (Å²) >= 11 is 0. The number of carbonyl (C=O) groups excluding carboxylic acids is 1. The van der Waals surface area contributed by atoms with E-state index in [9.17, 15) is 9.18 Å². The van der Waals surface area contributed by atoms with Gasteiger partial charge >= 0.3 is 0 Å². The second-order valence-corrected chi connectivity index (χ2v) is 6.92. The molecular formula is C21H22FNO3. The normalized spacial score (nSPS) is 19.7. The molecule has 5 heteroatoms. The number of halogens is 1. The molecule has 0 unspecified atom stereocenters. The number of hydrogen-bond acceptors (Lipinski definition) is 4. The van der Waals surface area contributed by atoms with Crippen molar-refractivity contribution in [2.45, 2.75) is 25.2 Å². The van der Waals surface area contributed by atoms with Gasteiger partial charge in [0.1, 0.15) is 5.82 Å². The average Bonchev–Trinajstić information content (AvgIpc) is 3.12. The number of hydrogen-bond donors (Lipinski definition) is 0. The number of benzene rings is 2. The molecule has 2 fully saturated rings. The van der Waals surface area contributed by atoms with Gasteiger partial charge in [0.2, 0.25) is 0 Å². The van der Waals surface area contributed by atoms with Gasteiger partial charge in [-0.3, -0.25) is 9.69 Å². The van der Waals surface area contributed by atoms with Crippen LogP contribution in [0.15, 0.2) is 48.5 Å². The van der Waals surface area contributed by atoms with Crippen molar-refractivity contribution in [3.8, 4) is 0 Å². The van der Waals surface area contributed by atoms with E-state index in [-0.39, 0.29) is 11.6 Å². The topological polar surface area (TPSA) is 38.8 Å². The molecule has 2 aromatic carbocycles. The summed E-state index contributed by atoms with van der Waals surface area (Å²) in [6.45, 7) is 4.10. The molecule has 0 amide bonds. The number of nitrogens with zero attached hydrogens (tertiary/aromatic N) is 1. The highest BCUT2D eigenvalue weighted by Gasteiger charge is 2.39. The fourth-order valence-corrected chi connectivity index (χ4v) is 3.65. The van der Waals surface area contributed by atoms with E-state index in [0.717, 1.165) is 38.0 Å². The molecule has 136 valence electrons. The molecule has 0 bridgehead atoms. The van der Waals surface area contributed by atoms with E-state index < -0.39 is 5.82 Å². The molecule has 2 aliphatic heterocycles. The Kier molecular flexibility index (Phi) is 4.85. The van der Waals surface area contributed by atoms with Gasteiger partial charge in [-0.2, -0.15) is 0 Å². The van der Waals surface area contributed by atoms with E-state index in [4.69, 9.17) is 9.47 Å². The third-order valence-corrected chi connectivity index (χ3v) is 5.14. The first kappa shape index (κ1) is 17.3. The Balaban J connectivity index is 1.37. The summed E-state index contributed by atoms with van der Waals surface area (Å²) in [4.78, 5) is 14.8. The maximum absolute atomic E-state index is 13.3. The summed E-state index contributed by atoms with van der Waals surface area (Å²) in [5, 5.41) is 0. The molecular weight excluding hydrogens is 333 g/mol. The van der Waals surface area contributed by atoms with Crippen molar-refractivity contribution in [1.82, 2.24) is 4.90 Å². The zero-order valence-corrected chi connectivity index (χ0v) is 14.6. The zero-order valence-electron chi connectivity index (χ0n) is 14.6. The SMILES string of the molecule is O=C(c1ccc(CN2CCC3(CC2)OCCO3)cc1)c1cccc(F)c1. The minimum Gasteiger partial charge on any atom is -0.347 e. The van der Waals surface area contributed by atoms with E-state index in [1.54, 1.807) is 12.1 Å². The molecule has 0 aromatic heterocycles. The van der Waals surface area contributed by atoms with Crippen LogP contribution >= 0.6 is 0 Å². The fourth-order valence-electron chi connectivity index (χ4n) is 3.65. The van der Waals surface area contributed by atoms with Crippen LogP contribution in [-0.4, -0.2) is 42.8 Å². The largest absolute Gasteiger partial charge is 0.347 e. The molecule has 0 N–H and O–H groups in total. The lowest BCUT2D eigenvalue weighted by molar-refractivity contribution is -0.185. The number of likely N-dealkylation sites (tertiary alicyclic amines) is 1. The first-order valence-electron chi connectivity index (χ1n) is 9.03. The number of piperidine rings is 1. The van der Waals surface area contributed by atoms with E-state index in [1.165, 1.54) is 12.1 Å². The molecule has 2 heterocycles. The van der Waals surface area contributed by atoms with Gasteiger partial charge in [-0.15, -0.1) is 0 Å². The molecule has 4 nitrogen and oxygen atoms in total. The van der Waals surface area contributed by atoms with Gasteiger partial charge in [0.05, 0.1) is 13.2 Å². The standard InChI is InChI=1S/C21H22FNO3/c22-19-3-1-2-18(14-19)20(24)17-6-4-16(5-7-17)15-23-10-8-21(9-11-23)25-12-13-26-21/h1-7,14H,8-13,15H2. The Hall–Kier alpha value is -2.08. The molecule has 2 aliphatic rings. The molecule has 2 saturated heterocycles. The Morgan fingerprint density at radius 3 is 2.35 bits per heavy atom. The maximum Gasteiger partial charge on any atom is 0.193 e. The van der Waals surface area contributed by atoms with E-state index in [1.807, 2.05) is 24.3 Å². The molecule has 26 heavy (non-hydrogen) atoms. The maximum atomic E-state index is 13.3. The number of ketones is 1. The van der Waals surface area contributed by atoms with Crippen LogP contribution in [0.25, 0.3) is 0 Å². The van der Waals surface area contributed by atoms with Gasteiger partial charge < -0.3 is 9.47 Å². The van der Waals surface area contributed by atoms with Crippen LogP contribution in [0.5, 0.6) is 0 Å². The first-order chi connectivity index (χ1) is 12.6. The van der Waals surface area contributed by atoms with Crippen molar-refractivity contribution in [1.29, 1.82) is 0 Å².